The van der Waals surface area contributed by atoms with Gasteiger partial charge in [0.25, 0.3) is 0 Å². The molecule has 1 aliphatic heterocycles. The molecule has 2 amide bonds. The van der Waals surface area contributed by atoms with Gasteiger partial charge in [0.15, 0.2) is 5.82 Å². The van der Waals surface area contributed by atoms with Crippen LogP contribution in [0, 0.1) is 0 Å². The second-order valence-electron chi connectivity index (χ2n) is 5.84. The molecule has 0 atom stereocenters. The Morgan fingerprint density at radius 2 is 1.88 bits per heavy atom. The van der Waals surface area contributed by atoms with Crippen LogP contribution >= 0.6 is 24.2 Å². The second kappa shape index (κ2) is 9.80. The first-order valence-electron chi connectivity index (χ1n) is 8.76. The van der Waals surface area contributed by atoms with E-state index in [2.05, 4.69) is 29.0 Å². The Hall–Kier alpha value is -1.76. The van der Waals surface area contributed by atoms with Gasteiger partial charge in [-0.05, 0) is 50.3 Å². The van der Waals surface area contributed by atoms with E-state index in [9.17, 15) is 4.79 Å². The zero-order chi connectivity index (χ0) is 17.6. The van der Waals surface area contributed by atoms with Gasteiger partial charge in [-0.15, -0.1) is 12.4 Å². The van der Waals surface area contributed by atoms with Crippen molar-refractivity contribution in [2.45, 2.75) is 30.1 Å². The van der Waals surface area contributed by atoms with Crippen molar-refractivity contribution in [3.05, 3.63) is 42.6 Å². The number of aromatic nitrogens is 1. The molecule has 0 saturated heterocycles. The third-order valence-electron chi connectivity index (χ3n) is 4.31. The quantitative estimate of drug-likeness (QED) is 0.733. The van der Waals surface area contributed by atoms with Crippen LogP contribution in [-0.2, 0) is 0 Å². The van der Waals surface area contributed by atoms with Gasteiger partial charge in [-0.25, -0.2) is 14.7 Å². The molecule has 0 fully saturated rings. The summed E-state index contributed by atoms with van der Waals surface area (Å²) in [5, 5.41) is 3.05. The monoisotopic (exact) mass is 392 g/mol. The molecule has 1 aromatic carbocycles. The number of fused-ring (bicyclic) bond motifs is 2. The van der Waals surface area contributed by atoms with Crippen LogP contribution in [0.5, 0.6) is 0 Å². The molecular formula is C19H25ClN4OS. The van der Waals surface area contributed by atoms with Gasteiger partial charge in [0, 0.05) is 17.6 Å². The summed E-state index contributed by atoms with van der Waals surface area (Å²) in [7, 11) is 0. The van der Waals surface area contributed by atoms with Crippen molar-refractivity contribution in [2.24, 2.45) is 0 Å². The molecule has 1 N–H and O–H groups in total. The topological polar surface area (TPSA) is 48.5 Å². The Bertz CT molecular complexity index is 693. The molecule has 0 saturated carbocycles. The van der Waals surface area contributed by atoms with E-state index in [0.29, 0.717) is 12.4 Å². The van der Waals surface area contributed by atoms with Crippen molar-refractivity contribution in [3.8, 4) is 0 Å². The molecule has 140 valence electrons. The molecular weight excluding hydrogens is 368 g/mol. The summed E-state index contributed by atoms with van der Waals surface area (Å²) < 4.78 is 0. The third-order valence-corrected chi connectivity index (χ3v) is 5.42. The average Bonchev–Trinajstić information content (AvgIpc) is 2.66. The maximum absolute atomic E-state index is 12.9. The van der Waals surface area contributed by atoms with E-state index in [1.807, 2.05) is 36.4 Å². The predicted molar refractivity (Wildman–Crippen MR) is 110 cm³/mol. The number of para-hydroxylation sites is 1. The fraction of sp³-hybridized carbons (Fsp3) is 0.368. The van der Waals surface area contributed by atoms with Crippen LogP contribution in [0.1, 0.15) is 20.3 Å². The summed E-state index contributed by atoms with van der Waals surface area (Å²) in [6, 6.07) is 11.7. The van der Waals surface area contributed by atoms with E-state index in [0.717, 1.165) is 41.5 Å². The first kappa shape index (κ1) is 20.6. The minimum atomic E-state index is -0.118. The van der Waals surface area contributed by atoms with Gasteiger partial charge in [0.1, 0.15) is 0 Å². The first-order valence-corrected chi connectivity index (χ1v) is 9.58. The minimum Gasteiger partial charge on any atom is -0.337 e. The third kappa shape index (κ3) is 4.50. The summed E-state index contributed by atoms with van der Waals surface area (Å²) in [6.45, 7) is 8.05. The Labute approximate surface area is 165 Å². The van der Waals surface area contributed by atoms with Crippen LogP contribution in [-0.4, -0.2) is 42.1 Å². The summed E-state index contributed by atoms with van der Waals surface area (Å²) in [5.41, 5.74) is 0.889. The highest BCUT2D eigenvalue weighted by Gasteiger charge is 2.28. The molecule has 0 spiro atoms. The molecule has 5 nitrogen and oxygen atoms in total. The summed E-state index contributed by atoms with van der Waals surface area (Å²) in [6.07, 6.45) is 2.67. The Balaban J connectivity index is 0.00000243. The zero-order valence-electron chi connectivity index (χ0n) is 15.1. The highest BCUT2D eigenvalue weighted by molar-refractivity contribution is 7.99. The number of benzene rings is 1. The highest BCUT2D eigenvalue weighted by atomic mass is 35.5. The molecule has 1 aromatic heterocycles. The number of rotatable bonds is 6. The van der Waals surface area contributed by atoms with Gasteiger partial charge < -0.3 is 10.2 Å². The van der Waals surface area contributed by atoms with Crippen LogP contribution in [0.2, 0.25) is 0 Å². The molecule has 7 heteroatoms. The number of carbonyl (C=O) groups excluding carboxylic acids is 1. The van der Waals surface area contributed by atoms with Gasteiger partial charge in [-0.2, -0.15) is 0 Å². The number of urea groups is 1. The maximum atomic E-state index is 12.9. The van der Waals surface area contributed by atoms with Crippen LogP contribution in [0.3, 0.4) is 0 Å². The zero-order valence-corrected chi connectivity index (χ0v) is 16.8. The van der Waals surface area contributed by atoms with Crippen molar-refractivity contribution in [1.29, 1.82) is 0 Å². The van der Waals surface area contributed by atoms with E-state index in [-0.39, 0.29) is 18.4 Å². The Morgan fingerprint density at radius 3 is 2.65 bits per heavy atom. The number of pyridine rings is 1. The Kier molecular flexibility index (Phi) is 7.75. The SMILES string of the molecule is CCN(CC)CCCNC(=O)N1c2ccccc2Sc2cccnc21.Cl. The fourth-order valence-electron chi connectivity index (χ4n) is 2.91. The fourth-order valence-corrected chi connectivity index (χ4v) is 3.94. The molecule has 3 rings (SSSR count). The molecule has 1 aliphatic rings. The van der Waals surface area contributed by atoms with Crippen molar-refractivity contribution >= 4 is 41.7 Å². The van der Waals surface area contributed by atoms with Gasteiger partial charge in [0.05, 0.1) is 10.6 Å². The lowest BCUT2D eigenvalue weighted by molar-refractivity contribution is 0.246. The number of hydrogen-bond acceptors (Lipinski definition) is 4. The van der Waals surface area contributed by atoms with E-state index >= 15 is 0 Å². The lowest BCUT2D eigenvalue weighted by Gasteiger charge is -2.29. The standard InChI is InChI=1S/C19H24N4OS.ClH/c1-3-22(4-2)14-8-13-21-19(24)23-15-9-5-6-10-16(15)25-17-11-7-12-20-18(17)23;/h5-7,9-12H,3-4,8,13-14H2,1-2H3,(H,21,24);1H. The largest absolute Gasteiger partial charge is 0.337 e. The van der Waals surface area contributed by atoms with Gasteiger partial charge in [-0.3, -0.25) is 0 Å². The molecule has 0 aliphatic carbocycles. The molecule has 0 bridgehead atoms. The normalized spacial score (nSPS) is 12.2. The number of nitrogens with zero attached hydrogens (tertiary/aromatic N) is 3. The lowest BCUT2D eigenvalue weighted by Crippen LogP contribution is -2.40. The van der Waals surface area contributed by atoms with Crippen LogP contribution in [0.15, 0.2) is 52.4 Å². The van der Waals surface area contributed by atoms with E-state index < -0.39 is 0 Å². The molecule has 2 heterocycles. The summed E-state index contributed by atoms with van der Waals surface area (Å²) >= 11 is 1.65. The maximum Gasteiger partial charge on any atom is 0.327 e. The lowest BCUT2D eigenvalue weighted by atomic mass is 10.2. The molecule has 0 radical (unpaired) electrons. The van der Waals surface area contributed by atoms with E-state index in [1.165, 1.54) is 0 Å². The Morgan fingerprint density at radius 1 is 1.15 bits per heavy atom. The van der Waals surface area contributed by atoms with Gasteiger partial charge in [0.2, 0.25) is 0 Å². The van der Waals surface area contributed by atoms with Gasteiger partial charge >= 0.3 is 6.03 Å². The predicted octanol–water partition coefficient (Wildman–Crippen LogP) is 4.55. The van der Waals surface area contributed by atoms with Gasteiger partial charge in [-0.1, -0.05) is 37.7 Å². The average molecular weight is 393 g/mol. The number of hydrogen-bond donors (Lipinski definition) is 1. The summed E-state index contributed by atoms with van der Waals surface area (Å²) in [4.78, 5) is 23.4. The van der Waals surface area contributed by atoms with Crippen LogP contribution < -0.4 is 10.2 Å². The molecule has 26 heavy (non-hydrogen) atoms. The van der Waals surface area contributed by atoms with Crippen LogP contribution in [0.25, 0.3) is 0 Å². The van der Waals surface area contributed by atoms with Crippen molar-refractivity contribution in [1.82, 2.24) is 15.2 Å². The number of amides is 2. The molecule has 2 aromatic rings. The number of carbonyl (C=O) groups is 1. The van der Waals surface area contributed by atoms with Crippen molar-refractivity contribution in [2.75, 3.05) is 31.1 Å². The number of anilines is 2. The van der Waals surface area contributed by atoms with Crippen molar-refractivity contribution < 1.29 is 4.79 Å². The highest BCUT2D eigenvalue weighted by Crippen LogP contribution is 2.46. The van der Waals surface area contributed by atoms with E-state index in [1.54, 1.807) is 22.9 Å². The number of halogens is 1. The van der Waals surface area contributed by atoms with E-state index in [4.69, 9.17) is 0 Å². The summed E-state index contributed by atoms with van der Waals surface area (Å²) in [5.74, 6) is 0.701. The number of nitrogens with one attached hydrogen (secondary N) is 1. The first-order chi connectivity index (χ1) is 12.2. The second-order valence-corrected chi connectivity index (χ2v) is 6.93. The smallest absolute Gasteiger partial charge is 0.327 e. The van der Waals surface area contributed by atoms with Crippen molar-refractivity contribution in [3.63, 3.8) is 0 Å². The van der Waals surface area contributed by atoms with Crippen LogP contribution in [0.4, 0.5) is 16.3 Å². The molecule has 0 unspecified atom stereocenters. The minimum absolute atomic E-state index is 0.